The summed E-state index contributed by atoms with van der Waals surface area (Å²) in [5, 5.41) is 18.8. The zero-order valence-corrected chi connectivity index (χ0v) is 11.7. The largest absolute Gasteiger partial charge is 0.395 e. The van der Waals surface area contributed by atoms with Crippen LogP contribution in [0.15, 0.2) is 12.1 Å². The first kappa shape index (κ1) is 15.2. The first-order chi connectivity index (χ1) is 8.67. The molecule has 0 atom stereocenters. The second kappa shape index (κ2) is 7.56. The van der Waals surface area contributed by atoms with Crippen LogP contribution in [0.5, 0.6) is 0 Å². The van der Waals surface area contributed by atoms with Gasteiger partial charge in [-0.3, -0.25) is 0 Å². The Morgan fingerprint density at radius 1 is 1.28 bits per heavy atom. The lowest BCUT2D eigenvalue weighted by Crippen LogP contribution is -2.37. The zero-order chi connectivity index (χ0) is 13.5. The maximum Gasteiger partial charge on any atom is 0.129 e. The second-order valence-corrected chi connectivity index (χ2v) is 4.55. The summed E-state index contributed by atoms with van der Waals surface area (Å²) in [5.41, 5.74) is 0.475. The molecular weight excluding hydrogens is 252 g/mol. The molecule has 0 aliphatic carbocycles. The van der Waals surface area contributed by atoms with Crippen LogP contribution in [-0.2, 0) is 6.61 Å². The lowest BCUT2D eigenvalue weighted by Gasteiger charge is -2.31. The summed E-state index contributed by atoms with van der Waals surface area (Å²) in [6, 6.07) is 3.90. The Labute approximate surface area is 113 Å². The fourth-order valence-corrected chi connectivity index (χ4v) is 2.23. The number of nitrogens with zero attached hydrogens (tertiary/aromatic N) is 2. The number of halogens is 1. The fourth-order valence-electron chi connectivity index (χ4n) is 2.07. The number of hydrogen-bond donors (Lipinski definition) is 2. The van der Waals surface area contributed by atoms with E-state index in [0.29, 0.717) is 23.3 Å². The van der Waals surface area contributed by atoms with Crippen LogP contribution in [0.1, 0.15) is 32.4 Å². The van der Waals surface area contributed by atoms with Gasteiger partial charge < -0.3 is 15.1 Å². The Hall–Kier alpha value is -0.840. The van der Waals surface area contributed by atoms with Crippen LogP contribution in [0.4, 0.5) is 5.82 Å². The van der Waals surface area contributed by atoms with Gasteiger partial charge in [-0.25, -0.2) is 4.98 Å². The molecule has 0 fully saturated rings. The Balaban J connectivity index is 3.04. The minimum absolute atomic E-state index is 0.0786. The molecule has 0 bridgehead atoms. The van der Waals surface area contributed by atoms with E-state index in [4.69, 9.17) is 11.6 Å². The van der Waals surface area contributed by atoms with Crippen LogP contribution in [0, 0.1) is 0 Å². The Bertz CT molecular complexity index is 370. The van der Waals surface area contributed by atoms with Crippen LogP contribution >= 0.6 is 11.6 Å². The molecule has 0 saturated carbocycles. The van der Waals surface area contributed by atoms with E-state index in [0.717, 1.165) is 18.7 Å². The van der Waals surface area contributed by atoms with Gasteiger partial charge in [0.05, 0.1) is 23.9 Å². The van der Waals surface area contributed by atoms with Gasteiger partial charge >= 0.3 is 0 Å². The van der Waals surface area contributed by atoms with Gasteiger partial charge in [0.2, 0.25) is 0 Å². The topological polar surface area (TPSA) is 56.6 Å². The Kier molecular flexibility index (Phi) is 6.39. The molecule has 18 heavy (non-hydrogen) atoms. The molecule has 0 unspecified atom stereocenters. The number of aliphatic hydroxyl groups excluding tert-OH is 2. The lowest BCUT2D eigenvalue weighted by molar-refractivity contribution is 0.276. The summed E-state index contributed by atoms with van der Waals surface area (Å²) in [6.07, 6.45) is 1.96. The number of pyridine rings is 1. The predicted molar refractivity (Wildman–Crippen MR) is 74.0 cm³/mol. The van der Waals surface area contributed by atoms with E-state index < -0.39 is 0 Å². The number of anilines is 1. The van der Waals surface area contributed by atoms with Gasteiger partial charge in [0.1, 0.15) is 5.82 Å². The highest BCUT2D eigenvalue weighted by Crippen LogP contribution is 2.22. The van der Waals surface area contributed by atoms with Gasteiger partial charge in [-0.2, -0.15) is 0 Å². The van der Waals surface area contributed by atoms with Crippen LogP contribution in [-0.4, -0.2) is 34.4 Å². The summed E-state index contributed by atoms with van der Waals surface area (Å²) < 4.78 is 0. The SMILES string of the molecule is CCC(CC)N(CCO)c1ccc(Cl)c(CO)n1. The van der Waals surface area contributed by atoms with Crippen molar-refractivity contribution in [3.8, 4) is 0 Å². The highest BCUT2D eigenvalue weighted by Gasteiger charge is 2.17. The van der Waals surface area contributed by atoms with Crippen molar-refractivity contribution >= 4 is 17.4 Å². The quantitative estimate of drug-likeness (QED) is 0.799. The molecule has 2 N–H and O–H groups in total. The first-order valence-electron chi connectivity index (χ1n) is 6.31. The van der Waals surface area contributed by atoms with Gasteiger partial charge in [0, 0.05) is 12.6 Å². The van der Waals surface area contributed by atoms with Crippen molar-refractivity contribution in [1.82, 2.24) is 4.98 Å². The third-order valence-corrected chi connectivity index (χ3v) is 3.42. The van der Waals surface area contributed by atoms with Crippen molar-refractivity contribution in [2.45, 2.75) is 39.3 Å². The molecule has 0 amide bonds. The molecule has 0 aliphatic rings. The Morgan fingerprint density at radius 2 is 1.94 bits per heavy atom. The molecule has 0 radical (unpaired) electrons. The summed E-state index contributed by atoms with van der Waals surface area (Å²) in [6.45, 7) is 4.66. The van der Waals surface area contributed by atoms with Crippen LogP contribution < -0.4 is 4.90 Å². The van der Waals surface area contributed by atoms with Gasteiger partial charge in [-0.15, -0.1) is 0 Å². The predicted octanol–water partition coefficient (Wildman–Crippen LogP) is 2.21. The average Bonchev–Trinajstić information content (AvgIpc) is 2.40. The van der Waals surface area contributed by atoms with Crippen molar-refractivity contribution in [3.05, 3.63) is 22.8 Å². The van der Waals surface area contributed by atoms with E-state index in [1.165, 1.54) is 0 Å². The highest BCUT2D eigenvalue weighted by atomic mass is 35.5. The number of aliphatic hydroxyl groups is 2. The van der Waals surface area contributed by atoms with Gasteiger partial charge in [0.15, 0.2) is 0 Å². The molecule has 0 spiro atoms. The molecule has 0 aliphatic heterocycles. The van der Waals surface area contributed by atoms with Crippen LogP contribution in [0.3, 0.4) is 0 Å². The molecule has 0 aromatic carbocycles. The molecule has 4 nitrogen and oxygen atoms in total. The van der Waals surface area contributed by atoms with Crippen molar-refractivity contribution < 1.29 is 10.2 Å². The minimum Gasteiger partial charge on any atom is -0.395 e. The molecule has 0 saturated heterocycles. The third kappa shape index (κ3) is 3.57. The van der Waals surface area contributed by atoms with E-state index >= 15 is 0 Å². The summed E-state index contributed by atoms with van der Waals surface area (Å²) in [4.78, 5) is 6.42. The zero-order valence-electron chi connectivity index (χ0n) is 10.9. The summed E-state index contributed by atoms with van der Waals surface area (Å²) in [5.74, 6) is 0.756. The smallest absolute Gasteiger partial charge is 0.129 e. The van der Waals surface area contributed by atoms with E-state index in [2.05, 4.69) is 23.7 Å². The molecule has 1 heterocycles. The maximum absolute atomic E-state index is 9.19. The monoisotopic (exact) mass is 272 g/mol. The molecular formula is C13H21ClN2O2. The normalized spacial score (nSPS) is 11.0. The highest BCUT2D eigenvalue weighted by molar-refractivity contribution is 6.31. The average molecular weight is 273 g/mol. The first-order valence-corrected chi connectivity index (χ1v) is 6.69. The third-order valence-electron chi connectivity index (χ3n) is 3.07. The van der Waals surface area contributed by atoms with Crippen LogP contribution in [0.2, 0.25) is 5.02 Å². The summed E-state index contributed by atoms with van der Waals surface area (Å²) >= 11 is 5.94. The molecule has 102 valence electrons. The van der Waals surface area contributed by atoms with Gasteiger partial charge in [-0.05, 0) is 25.0 Å². The van der Waals surface area contributed by atoms with Crippen LogP contribution in [0.25, 0.3) is 0 Å². The number of aromatic nitrogens is 1. The Morgan fingerprint density at radius 3 is 2.44 bits per heavy atom. The molecule has 1 aromatic rings. The molecule has 1 aromatic heterocycles. The maximum atomic E-state index is 9.19. The fraction of sp³-hybridized carbons (Fsp3) is 0.615. The number of rotatable bonds is 7. The lowest BCUT2D eigenvalue weighted by atomic mass is 10.1. The summed E-state index contributed by atoms with van der Waals surface area (Å²) in [7, 11) is 0. The molecule has 5 heteroatoms. The van der Waals surface area contributed by atoms with Crippen molar-refractivity contribution in [1.29, 1.82) is 0 Å². The van der Waals surface area contributed by atoms with E-state index in [9.17, 15) is 10.2 Å². The standard InChI is InChI=1S/C13H21ClN2O2/c1-3-10(4-2)16(7-8-17)13-6-5-11(14)12(9-18)15-13/h5-6,10,17-18H,3-4,7-9H2,1-2H3. The van der Waals surface area contributed by atoms with Crippen molar-refractivity contribution in [2.75, 3.05) is 18.1 Å². The van der Waals surface area contributed by atoms with E-state index in [1.54, 1.807) is 6.07 Å². The number of hydrogen-bond acceptors (Lipinski definition) is 4. The van der Waals surface area contributed by atoms with E-state index in [1.807, 2.05) is 6.07 Å². The van der Waals surface area contributed by atoms with Crippen molar-refractivity contribution in [3.63, 3.8) is 0 Å². The van der Waals surface area contributed by atoms with E-state index in [-0.39, 0.29) is 13.2 Å². The van der Waals surface area contributed by atoms with Crippen molar-refractivity contribution in [2.24, 2.45) is 0 Å². The second-order valence-electron chi connectivity index (χ2n) is 4.14. The van der Waals surface area contributed by atoms with Gasteiger partial charge in [-0.1, -0.05) is 25.4 Å². The molecule has 1 rings (SSSR count). The minimum atomic E-state index is -0.178. The van der Waals surface area contributed by atoms with Gasteiger partial charge in [0.25, 0.3) is 0 Å².